The fourth-order valence-electron chi connectivity index (χ4n) is 2.23. The van der Waals surface area contributed by atoms with Gasteiger partial charge < -0.3 is 20.9 Å². The van der Waals surface area contributed by atoms with Gasteiger partial charge in [-0.3, -0.25) is 4.79 Å². The molecule has 1 atom stereocenters. The van der Waals surface area contributed by atoms with E-state index in [1.54, 1.807) is 11.8 Å². The van der Waals surface area contributed by atoms with E-state index in [9.17, 15) is 9.59 Å². The third-order valence-electron chi connectivity index (χ3n) is 3.61. The van der Waals surface area contributed by atoms with Gasteiger partial charge in [-0.25, -0.2) is 9.78 Å². The molecule has 2 heterocycles. The largest absolute Gasteiger partial charge is 0.370 e. The van der Waals surface area contributed by atoms with E-state index in [0.29, 0.717) is 19.6 Å². The van der Waals surface area contributed by atoms with E-state index < -0.39 is 6.04 Å². The van der Waals surface area contributed by atoms with Crippen LogP contribution in [0, 0.1) is 6.92 Å². The van der Waals surface area contributed by atoms with Crippen LogP contribution in [-0.4, -0.2) is 54.0 Å². The highest BCUT2D eigenvalue weighted by molar-refractivity contribution is 5.87. The van der Waals surface area contributed by atoms with Crippen molar-refractivity contribution in [3.8, 4) is 0 Å². The van der Waals surface area contributed by atoms with Crippen molar-refractivity contribution < 1.29 is 9.59 Å². The molecular weight excluding hydrogens is 282 g/mol. The number of pyridine rings is 1. The SMILES string of the molecule is Cc1ccc(NCCCNC(=O)N2CCNC(=O)[C@H]2C)nc1. The monoisotopic (exact) mass is 305 g/mol. The molecule has 1 saturated heterocycles. The summed E-state index contributed by atoms with van der Waals surface area (Å²) in [5, 5.41) is 8.78. The maximum Gasteiger partial charge on any atom is 0.318 e. The van der Waals surface area contributed by atoms with E-state index in [1.165, 1.54) is 0 Å². The van der Waals surface area contributed by atoms with Crippen LogP contribution < -0.4 is 16.0 Å². The first-order chi connectivity index (χ1) is 10.6. The van der Waals surface area contributed by atoms with Gasteiger partial charge in [0.15, 0.2) is 0 Å². The van der Waals surface area contributed by atoms with E-state index in [0.717, 1.165) is 24.3 Å². The maximum absolute atomic E-state index is 12.0. The lowest BCUT2D eigenvalue weighted by molar-refractivity contribution is -0.126. The van der Waals surface area contributed by atoms with Gasteiger partial charge in [0.25, 0.3) is 0 Å². The lowest BCUT2D eigenvalue weighted by atomic mass is 10.2. The molecule has 1 fully saturated rings. The number of carbonyl (C=O) groups is 2. The molecule has 0 unspecified atom stereocenters. The molecule has 1 aromatic rings. The molecule has 3 N–H and O–H groups in total. The van der Waals surface area contributed by atoms with Gasteiger partial charge >= 0.3 is 6.03 Å². The Labute approximate surface area is 130 Å². The lowest BCUT2D eigenvalue weighted by Crippen LogP contribution is -2.58. The molecule has 0 aromatic carbocycles. The van der Waals surface area contributed by atoms with Crippen molar-refractivity contribution in [2.75, 3.05) is 31.5 Å². The predicted molar refractivity (Wildman–Crippen MR) is 84.7 cm³/mol. The molecule has 0 saturated carbocycles. The number of nitrogens with zero attached hydrogens (tertiary/aromatic N) is 2. The van der Waals surface area contributed by atoms with Crippen LogP contribution in [0.25, 0.3) is 0 Å². The number of amides is 3. The number of aryl methyl sites for hydroxylation is 1. The van der Waals surface area contributed by atoms with Gasteiger partial charge in [0.05, 0.1) is 0 Å². The number of piperazine rings is 1. The highest BCUT2D eigenvalue weighted by Gasteiger charge is 2.28. The maximum atomic E-state index is 12.0. The fraction of sp³-hybridized carbons (Fsp3) is 0.533. The molecule has 1 aliphatic rings. The number of urea groups is 1. The minimum atomic E-state index is -0.413. The summed E-state index contributed by atoms with van der Waals surface area (Å²) in [4.78, 5) is 29.4. The molecule has 1 aliphatic heterocycles. The smallest absolute Gasteiger partial charge is 0.318 e. The van der Waals surface area contributed by atoms with E-state index in [2.05, 4.69) is 20.9 Å². The summed E-state index contributed by atoms with van der Waals surface area (Å²) in [7, 11) is 0. The summed E-state index contributed by atoms with van der Waals surface area (Å²) in [5.74, 6) is 0.728. The normalized spacial score (nSPS) is 17.8. The zero-order valence-corrected chi connectivity index (χ0v) is 13.1. The molecule has 7 nitrogen and oxygen atoms in total. The molecule has 22 heavy (non-hydrogen) atoms. The van der Waals surface area contributed by atoms with Crippen LogP contribution in [0.4, 0.5) is 10.6 Å². The van der Waals surface area contributed by atoms with E-state index in [4.69, 9.17) is 0 Å². The topological polar surface area (TPSA) is 86.4 Å². The summed E-state index contributed by atoms with van der Waals surface area (Å²) in [5.41, 5.74) is 1.12. The summed E-state index contributed by atoms with van der Waals surface area (Å²) in [6.45, 7) is 6.07. The van der Waals surface area contributed by atoms with Gasteiger partial charge in [-0.1, -0.05) is 6.07 Å². The molecule has 2 rings (SSSR count). The van der Waals surface area contributed by atoms with Crippen LogP contribution >= 0.6 is 0 Å². The van der Waals surface area contributed by atoms with Crippen LogP contribution in [0.2, 0.25) is 0 Å². The third kappa shape index (κ3) is 4.34. The zero-order valence-electron chi connectivity index (χ0n) is 13.1. The second-order valence-electron chi connectivity index (χ2n) is 5.39. The highest BCUT2D eigenvalue weighted by atomic mass is 16.2. The van der Waals surface area contributed by atoms with Gasteiger partial charge in [-0.15, -0.1) is 0 Å². The number of rotatable bonds is 5. The van der Waals surface area contributed by atoms with Crippen molar-refractivity contribution in [1.82, 2.24) is 20.5 Å². The Balaban J connectivity index is 1.64. The number of nitrogens with one attached hydrogen (secondary N) is 3. The van der Waals surface area contributed by atoms with Crippen molar-refractivity contribution in [2.24, 2.45) is 0 Å². The van der Waals surface area contributed by atoms with Crippen molar-refractivity contribution in [2.45, 2.75) is 26.3 Å². The standard InChI is InChI=1S/C15H23N5O2/c1-11-4-5-13(19-10-11)16-6-3-7-18-15(22)20-9-8-17-14(21)12(20)2/h4-5,10,12H,3,6-9H2,1-2H3,(H,16,19)(H,17,21)(H,18,22)/t12-/m1/s1. The number of aromatic nitrogens is 1. The summed E-state index contributed by atoms with van der Waals surface area (Å²) >= 11 is 0. The van der Waals surface area contributed by atoms with Crippen molar-refractivity contribution in [3.63, 3.8) is 0 Å². The van der Waals surface area contributed by atoms with Gasteiger partial charge in [-0.2, -0.15) is 0 Å². The van der Waals surface area contributed by atoms with E-state index >= 15 is 0 Å². The molecule has 1 aromatic heterocycles. The van der Waals surface area contributed by atoms with Gasteiger partial charge in [0.1, 0.15) is 11.9 Å². The van der Waals surface area contributed by atoms with Crippen LogP contribution in [0.3, 0.4) is 0 Å². The van der Waals surface area contributed by atoms with Crippen LogP contribution in [0.1, 0.15) is 18.9 Å². The molecule has 0 spiro atoms. The zero-order chi connectivity index (χ0) is 15.9. The van der Waals surface area contributed by atoms with Gasteiger partial charge in [-0.05, 0) is 31.9 Å². The Morgan fingerprint density at radius 3 is 3.00 bits per heavy atom. The molecule has 0 bridgehead atoms. The van der Waals surface area contributed by atoms with Crippen molar-refractivity contribution >= 4 is 17.8 Å². The Bertz CT molecular complexity index is 517. The molecule has 3 amide bonds. The minimum absolute atomic E-state index is 0.103. The summed E-state index contributed by atoms with van der Waals surface area (Å²) < 4.78 is 0. The highest BCUT2D eigenvalue weighted by Crippen LogP contribution is 2.05. The van der Waals surface area contributed by atoms with Gasteiger partial charge in [0, 0.05) is 32.4 Å². The third-order valence-corrected chi connectivity index (χ3v) is 3.61. The summed E-state index contributed by atoms with van der Waals surface area (Å²) in [6, 6.07) is 3.33. The number of anilines is 1. The number of carbonyl (C=O) groups excluding carboxylic acids is 2. The Kier molecular flexibility index (Phi) is 5.57. The van der Waals surface area contributed by atoms with Crippen molar-refractivity contribution in [3.05, 3.63) is 23.9 Å². The first kappa shape index (κ1) is 16.1. The van der Waals surface area contributed by atoms with Crippen LogP contribution in [0.5, 0.6) is 0 Å². The number of hydrogen-bond acceptors (Lipinski definition) is 4. The van der Waals surface area contributed by atoms with Crippen LogP contribution in [0.15, 0.2) is 18.3 Å². The van der Waals surface area contributed by atoms with Crippen LogP contribution in [-0.2, 0) is 4.79 Å². The molecule has 0 radical (unpaired) electrons. The minimum Gasteiger partial charge on any atom is -0.370 e. The van der Waals surface area contributed by atoms with E-state index in [1.807, 2.05) is 25.3 Å². The first-order valence-electron chi connectivity index (χ1n) is 7.56. The fourth-order valence-corrected chi connectivity index (χ4v) is 2.23. The Morgan fingerprint density at radius 1 is 1.45 bits per heavy atom. The molecule has 7 heteroatoms. The second-order valence-corrected chi connectivity index (χ2v) is 5.39. The lowest BCUT2D eigenvalue weighted by Gasteiger charge is -2.32. The van der Waals surface area contributed by atoms with E-state index in [-0.39, 0.29) is 11.9 Å². The predicted octanol–water partition coefficient (Wildman–Crippen LogP) is 0.722. The quantitative estimate of drug-likeness (QED) is 0.700. The molecule has 120 valence electrons. The first-order valence-corrected chi connectivity index (χ1v) is 7.56. The summed E-state index contributed by atoms with van der Waals surface area (Å²) in [6.07, 6.45) is 2.60. The number of hydrogen-bond donors (Lipinski definition) is 3. The Hall–Kier alpha value is -2.31. The molecular formula is C15H23N5O2. The molecule has 0 aliphatic carbocycles. The average molecular weight is 305 g/mol. The Morgan fingerprint density at radius 2 is 2.27 bits per heavy atom. The second kappa shape index (κ2) is 7.63. The average Bonchev–Trinajstić information content (AvgIpc) is 2.51. The van der Waals surface area contributed by atoms with Gasteiger partial charge in [0.2, 0.25) is 5.91 Å². The van der Waals surface area contributed by atoms with Crippen molar-refractivity contribution in [1.29, 1.82) is 0 Å².